The summed E-state index contributed by atoms with van der Waals surface area (Å²) in [5, 5.41) is 8.82. The van der Waals surface area contributed by atoms with Crippen LogP contribution in [0.25, 0.3) is 0 Å². The van der Waals surface area contributed by atoms with Gasteiger partial charge in [-0.3, -0.25) is 9.11 Å². The Kier molecular flexibility index (Phi) is 3.46. The molecule has 2 aromatic carbocycles. The highest BCUT2D eigenvalue weighted by Gasteiger charge is 2.34. The predicted octanol–water partition coefficient (Wildman–Crippen LogP) is 4.39. The Morgan fingerprint density at radius 2 is 1.88 bits per heavy atom. The Morgan fingerprint density at radius 3 is 2.62 bits per heavy atom. The summed E-state index contributed by atoms with van der Waals surface area (Å²) in [6.45, 7) is 0.831. The zero-order valence-corrected chi connectivity index (χ0v) is 13.5. The maximum Gasteiger partial charge on any atom is 0.129 e. The molecule has 0 bridgehead atoms. The molecule has 2 N–H and O–H groups in total. The van der Waals surface area contributed by atoms with Crippen molar-refractivity contribution in [1.29, 1.82) is 5.26 Å². The van der Waals surface area contributed by atoms with E-state index < -0.39 is 10.8 Å². The molecule has 0 saturated carbocycles. The average Bonchev–Trinajstić information content (AvgIpc) is 3.03. The van der Waals surface area contributed by atoms with E-state index in [4.69, 9.17) is 10.00 Å². The number of hydrogen-bond acceptors (Lipinski definition) is 6. The van der Waals surface area contributed by atoms with Gasteiger partial charge in [-0.2, -0.15) is 5.26 Å². The van der Waals surface area contributed by atoms with Gasteiger partial charge in [0.25, 0.3) is 0 Å². The van der Waals surface area contributed by atoms with E-state index in [9.17, 15) is 9.11 Å². The average molecular weight is 341 g/mol. The minimum absolute atomic E-state index is 0.388. The van der Waals surface area contributed by atoms with Crippen LogP contribution in [0.2, 0.25) is 0 Å². The summed E-state index contributed by atoms with van der Waals surface area (Å²) in [7, 11) is -3.20. The van der Waals surface area contributed by atoms with Crippen molar-refractivity contribution >= 4 is 22.3 Å². The first-order chi connectivity index (χ1) is 11.6. The van der Waals surface area contributed by atoms with Gasteiger partial charge in [0, 0.05) is 19.0 Å². The largest absolute Gasteiger partial charge is 0.457 e. The van der Waals surface area contributed by atoms with Crippen molar-refractivity contribution in [2.24, 2.45) is 4.40 Å². The van der Waals surface area contributed by atoms with Crippen LogP contribution in [-0.2, 0) is 0 Å². The van der Waals surface area contributed by atoms with E-state index in [-0.39, 0.29) is 0 Å². The van der Waals surface area contributed by atoms with Crippen LogP contribution in [0.4, 0.5) is 5.69 Å². The minimum atomic E-state index is -3.20. The first-order valence-corrected chi connectivity index (χ1v) is 9.04. The number of nitriles is 1. The summed E-state index contributed by atoms with van der Waals surface area (Å²) in [5.74, 6) is 1.81. The van der Waals surface area contributed by atoms with Gasteiger partial charge >= 0.3 is 0 Å². The second-order valence-electron chi connectivity index (χ2n) is 5.65. The molecule has 6 nitrogen and oxygen atoms in total. The first-order valence-electron chi connectivity index (χ1n) is 7.53. The number of benzene rings is 2. The van der Waals surface area contributed by atoms with Gasteiger partial charge in [-0.15, -0.1) is 4.40 Å². The highest BCUT2D eigenvalue weighted by Crippen LogP contribution is 2.58. The lowest BCUT2D eigenvalue weighted by molar-refractivity contribution is 0.473. The lowest BCUT2D eigenvalue weighted by atomic mass is 10.2. The number of rotatable bonds is 2. The van der Waals surface area contributed by atoms with E-state index in [0.717, 1.165) is 30.9 Å². The summed E-state index contributed by atoms with van der Waals surface area (Å²) >= 11 is 0. The van der Waals surface area contributed by atoms with Crippen molar-refractivity contribution in [2.75, 3.05) is 11.4 Å². The van der Waals surface area contributed by atoms with Crippen LogP contribution in [0.1, 0.15) is 18.4 Å². The van der Waals surface area contributed by atoms with Crippen LogP contribution in [0.15, 0.2) is 51.8 Å². The molecule has 2 aromatic rings. The third-order valence-electron chi connectivity index (χ3n) is 4.06. The molecule has 0 radical (unpaired) electrons. The lowest BCUT2D eigenvalue weighted by Crippen LogP contribution is -2.29. The molecule has 2 aliphatic rings. The molecule has 0 spiro atoms. The summed E-state index contributed by atoms with van der Waals surface area (Å²) in [5.41, 5.74) is 1.34. The Balaban J connectivity index is 1.68. The molecule has 2 heterocycles. The van der Waals surface area contributed by atoms with Crippen LogP contribution < -0.4 is 9.64 Å². The second-order valence-corrected chi connectivity index (χ2v) is 7.31. The fourth-order valence-corrected chi connectivity index (χ4v) is 4.26. The van der Waals surface area contributed by atoms with Crippen molar-refractivity contribution in [3.05, 3.63) is 48.0 Å². The molecule has 1 fully saturated rings. The van der Waals surface area contributed by atoms with Crippen LogP contribution >= 0.6 is 10.8 Å². The molecule has 0 aromatic heterocycles. The lowest BCUT2D eigenvalue weighted by Gasteiger charge is -2.37. The molecule has 0 aliphatic carbocycles. The molecular weight excluding hydrogens is 326 g/mol. The molecule has 0 unspecified atom stereocenters. The molecule has 0 amide bonds. The topological polar surface area (TPSA) is 89.1 Å². The molecule has 7 heteroatoms. The van der Waals surface area contributed by atoms with Gasteiger partial charge in [0.05, 0.1) is 17.3 Å². The van der Waals surface area contributed by atoms with Crippen molar-refractivity contribution in [3.8, 4) is 17.6 Å². The third-order valence-corrected chi connectivity index (χ3v) is 5.44. The molecule has 4 rings (SSSR count). The molecule has 1 saturated heterocycles. The fraction of sp³-hybridized carbons (Fsp3) is 0.176. The summed E-state index contributed by atoms with van der Waals surface area (Å²) in [6.07, 6.45) is 1.72. The van der Waals surface area contributed by atoms with Gasteiger partial charge < -0.3 is 9.64 Å². The van der Waals surface area contributed by atoms with E-state index in [1.54, 1.807) is 36.4 Å². The fourth-order valence-electron chi connectivity index (χ4n) is 2.94. The van der Waals surface area contributed by atoms with Crippen molar-refractivity contribution in [1.82, 2.24) is 0 Å². The third kappa shape index (κ3) is 2.51. The normalized spacial score (nSPS) is 18.9. The molecule has 122 valence electrons. The standard InChI is InChI=1S/C17H15N3O3S/c18-11-12-3-5-13(6-4-12)23-14-7-8-15-16(10-14)24(21,22)19-17-2-1-9-20(15)17/h3-8,10,21-22H,1-2,9H2. The summed E-state index contributed by atoms with van der Waals surface area (Å²) < 4.78 is 30.6. The summed E-state index contributed by atoms with van der Waals surface area (Å²) in [6, 6.07) is 14.1. The van der Waals surface area contributed by atoms with Crippen LogP contribution in [0.5, 0.6) is 11.5 Å². The molecule has 0 atom stereocenters. The number of hydrogen-bond donors (Lipinski definition) is 2. The quantitative estimate of drug-likeness (QED) is 0.846. The Morgan fingerprint density at radius 1 is 1.12 bits per heavy atom. The maximum absolute atomic E-state index is 10.4. The highest BCUT2D eigenvalue weighted by molar-refractivity contribution is 8.23. The van der Waals surface area contributed by atoms with E-state index in [2.05, 4.69) is 10.5 Å². The smallest absolute Gasteiger partial charge is 0.129 e. The highest BCUT2D eigenvalue weighted by atomic mass is 32.3. The maximum atomic E-state index is 10.4. The van der Waals surface area contributed by atoms with E-state index in [0.29, 0.717) is 22.0 Å². The van der Waals surface area contributed by atoms with E-state index in [1.165, 1.54) is 0 Å². The number of nitrogens with zero attached hydrogens (tertiary/aromatic N) is 3. The van der Waals surface area contributed by atoms with Gasteiger partial charge in [-0.25, -0.2) is 0 Å². The van der Waals surface area contributed by atoms with Gasteiger partial charge in [0.15, 0.2) is 0 Å². The van der Waals surface area contributed by atoms with Crippen LogP contribution in [0.3, 0.4) is 0 Å². The van der Waals surface area contributed by atoms with Crippen molar-refractivity contribution in [3.63, 3.8) is 0 Å². The van der Waals surface area contributed by atoms with E-state index >= 15 is 0 Å². The van der Waals surface area contributed by atoms with Crippen molar-refractivity contribution < 1.29 is 13.8 Å². The van der Waals surface area contributed by atoms with Gasteiger partial charge in [-0.05, 0) is 42.8 Å². The number of amidine groups is 1. The Bertz CT molecular complexity index is 872. The van der Waals surface area contributed by atoms with Gasteiger partial charge in [0.1, 0.15) is 22.2 Å². The molecule has 2 aliphatic heterocycles. The van der Waals surface area contributed by atoms with Crippen molar-refractivity contribution in [2.45, 2.75) is 17.7 Å². The van der Waals surface area contributed by atoms with Crippen LogP contribution in [0, 0.1) is 11.3 Å². The Labute approximate surface area is 141 Å². The number of fused-ring (bicyclic) bond motifs is 3. The monoisotopic (exact) mass is 341 g/mol. The zero-order valence-electron chi connectivity index (χ0n) is 12.7. The second kappa shape index (κ2) is 5.53. The van der Waals surface area contributed by atoms with E-state index in [1.807, 2.05) is 11.0 Å². The SMILES string of the molecule is N#Cc1ccc(Oc2ccc3c(c2)S(O)(O)N=C2CCCN23)cc1. The number of ether oxygens (including phenoxy) is 1. The summed E-state index contributed by atoms with van der Waals surface area (Å²) in [4.78, 5) is 2.41. The first kappa shape index (κ1) is 15.0. The molecule has 24 heavy (non-hydrogen) atoms. The van der Waals surface area contributed by atoms with Crippen LogP contribution in [-0.4, -0.2) is 21.5 Å². The molecular formula is C17H15N3O3S. The minimum Gasteiger partial charge on any atom is -0.457 e. The van der Waals surface area contributed by atoms with Gasteiger partial charge in [0.2, 0.25) is 0 Å². The van der Waals surface area contributed by atoms with Gasteiger partial charge in [-0.1, -0.05) is 10.8 Å². The Hall–Kier alpha value is -2.53. The number of anilines is 1. The predicted molar refractivity (Wildman–Crippen MR) is 92.8 cm³/mol. The zero-order chi connectivity index (χ0) is 16.7.